The normalized spacial score (nSPS) is 11.0. The number of fused-ring (bicyclic) bond motifs is 1. The van der Waals surface area contributed by atoms with E-state index in [1.54, 1.807) is 39.1 Å². The van der Waals surface area contributed by atoms with Crippen LogP contribution in [0.3, 0.4) is 0 Å². The molecule has 0 saturated carbocycles. The Morgan fingerprint density at radius 1 is 1.38 bits per heavy atom. The molecule has 6 nitrogen and oxygen atoms in total. The number of carbonyl (C=O) groups is 1. The molecule has 0 fully saturated rings. The first-order chi connectivity index (χ1) is 11.4. The number of H-pyrrole nitrogens is 1. The van der Waals surface area contributed by atoms with Gasteiger partial charge in [-0.3, -0.25) is 4.79 Å². The molecule has 0 radical (unpaired) electrons. The number of benzene rings is 1. The number of carbonyl (C=O) groups excluding carboxylic acids is 1. The van der Waals surface area contributed by atoms with Crippen molar-refractivity contribution in [1.29, 1.82) is 0 Å². The van der Waals surface area contributed by atoms with E-state index >= 15 is 0 Å². The predicted octanol–water partition coefficient (Wildman–Crippen LogP) is 2.62. The third kappa shape index (κ3) is 2.58. The first-order valence-corrected chi connectivity index (χ1v) is 7.48. The summed E-state index contributed by atoms with van der Waals surface area (Å²) in [4.78, 5) is 27.0. The molecule has 3 aromatic rings. The van der Waals surface area contributed by atoms with Crippen molar-refractivity contribution in [3.63, 3.8) is 0 Å². The van der Waals surface area contributed by atoms with Gasteiger partial charge in [0.05, 0.1) is 18.5 Å². The lowest BCUT2D eigenvalue weighted by Gasteiger charge is -2.04. The molecule has 7 heteroatoms. The summed E-state index contributed by atoms with van der Waals surface area (Å²) in [5, 5.41) is 4.15. The maximum absolute atomic E-state index is 13.8. The van der Waals surface area contributed by atoms with Crippen molar-refractivity contribution in [2.75, 3.05) is 6.61 Å². The summed E-state index contributed by atoms with van der Waals surface area (Å²) in [6.07, 6.45) is 1.55. The third-order valence-electron chi connectivity index (χ3n) is 3.81. The van der Waals surface area contributed by atoms with Gasteiger partial charge in [-0.2, -0.15) is 5.10 Å². The second-order valence-corrected chi connectivity index (χ2v) is 5.45. The van der Waals surface area contributed by atoms with E-state index in [1.165, 1.54) is 10.6 Å². The highest BCUT2D eigenvalue weighted by Gasteiger charge is 2.20. The van der Waals surface area contributed by atoms with Crippen molar-refractivity contribution >= 4 is 11.5 Å². The number of hydrogen-bond acceptors (Lipinski definition) is 4. The largest absolute Gasteiger partial charge is 0.461 e. The summed E-state index contributed by atoms with van der Waals surface area (Å²) in [6, 6.07) is 4.68. The number of aryl methyl sites for hydroxylation is 2. The SMILES string of the molecule is CCOC(=O)c1nn2cc(-c3ccc(C)c(F)c3)[nH]c(=O)c2c1C. The lowest BCUT2D eigenvalue weighted by atomic mass is 10.1. The first-order valence-electron chi connectivity index (χ1n) is 7.48. The Hall–Kier alpha value is -2.96. The van der Waals surface area contributed by atoms with Crippen LogP contribution in [-0.2, 0) is 4.74 Å². The Kier molecular flexibility index (Phi) is 3.92. The highest BCUT2D eigenvalue weighted by atomic mass is 19.1. The van der Waals surface area contributed by atoms with Gasteiger partial charge in [0.15, 0.2) is 5.69 Å². The Balaban J connectivity index is 2.18. The molecule has 0 amide bonds. The fourth-order valence-corrected chi connectivity index (χ4v) is 2.52. The number of hydrogen-bond donors (Lipinski definition) is 1. The lowest BCUT2D eigenvalue weighted by molar-refractivity contribution is 0.0518. The summed E-state index contributed by atoms with van der Waals surface area (Å²) >= 11 is 0. The zero-order chi connectivity index (χ0) is 17.4. The molecular weight excluding hydrogens is 313 g/mol. The molecule has 0 aliphatic heterocycles. The number of rotatable bonds is 3. The monoisotopic (exact) mass is 329 g/mol. The highest BCUT2D eigenvalue weighted by Crippen LogP contribution is 2.20. The minimum absolute atomic E-state index is 0.0922. The van der Waals surface area contributed by atoms with Crippen LogP contribution in [0, 0.1) is 19.7 Å². The Morgan fingerprint density at radius 3 is 2.79 bits per heavy atom. The van der Waals surface area contributed by atoms with Crippen LogP contribution in [0.25, 0.3) is 16.8 Å². The average Bonchev–Trinajstić information content (AvgIpc) is 2.87. The Labute approximate surface area is 136 Å². The molecule has 0 spiro atoms. The molecule has 1 N–H and O–H groups in total. The van der Waals surface area contributed by atoms with Crippen LogP contribution in [0.15, 0.2) is 29.2 Å². The second-order valence-electron chi connectivity index (χ2n) is 5.45. The number of aromatic nitrogens is 3. The second kappa shape index (κ2) is 5.92. The van der Waals surface area contributed by atoms with Gasteiger partial charge in [-0.05, 0) is 32.4 Å². The van der Waals surface area contributed by atoms with E-state index in [0.717, 1.165) is 0 Å². The van der Waals surface area contributed by atoms with Crippen LogP contribution in [0.4, 0.5) is 4.39 Å². The minimum atomic E-state index is -0.582. The van der Waals surface area contributed by atoms with E-state index in [9.17, 15) is 14.0 Å². The maximum atomic E-state index is 13.8. The van der Waals surface area contributed by atoms with Gasteiger partial charge in [-0.15, -0.1) is 0 Å². The Bertz CT molecular complexity index is 1000. The van der Waals surface area contributed by atoms with Gasteiger partial charge in [-0.1, -0.05) is 12.1 Å². The number of esters is 1. The van der Waals surface area contributed by atoms with Crippen LogP contribution in [-0.4, -0.2) is 27.2 Å². The van der Waals surface area contributed by atoms with Gasteiger partial charge >= 0.3 is 5.97 Å². The predicted molar refractivity (Wildman–Crippen MR) is 86.6 cm³/mol. The molecule has 0 unspecified atom stereocenters. The zero-order valence-corrected chi connectivity index (χ0v) is 13.5. The molecular formula is C17H16FN3O3. The van der Waals surface area contributed by atoms with E-state index in [0.29, 0.717) is 22.4 Å². The standard InChI is InChI=1S/C17H16FN3O3/c1-4-24-17(23)14-10(3)15-16(22)19-13(8-21(15)20-14)11-6-5-9(2)12(18)7-11/h5-8H,4H2,1-3H3,(H,19,22). The molecule has 0 saturated heterocycles. The van der Waals surface area contributed by atoms with E-state index in [4.69, 9.17) is 4.74 Å². The van der Waals surface area contributed by atoms with Gasteiger partial charge < -0.3 is 9.72 Å². The van der Waals surface area contributed by atoms with Crippen molar-refractivity contribution in [3.8, 4) is 11.3 Å². The van der Waals surface area contributed by atoms with E-state index < -0.39 is 11.5 Å². The minimum Gasteiger partial charge on any atom is -0.461 e. The average molecular weight is 329 g/mol. The topological polar surface area (TPSA) is 76.5 Å². The summed E-state index contributed by atoms with van der Waals surface area (Å²) in [7, 11) is 0. The molecule has 2 heterocycles. The highest BCUT2D eigenvalue weighted by molar-refractivity contribution is 5.91. The van der Waals surface area contributed by atoms with E-state index in [1.807, 2.05) is 0 Å². The van der Waals surface area contributed by atoms with Crippen molar-refractivity contribution in [2.24, 2.45) is 0 Å². The fraction of sp³-hybridized carbons (Fsp3) is 0.235. The quantitative estimate of drug-likeness (QED) is 0.750. The van der Waals surface area contributed by atoms with E-state index in [2.05, 4.69) is 10.1 Å². The van der Waals surface area contributed by atoms with Crippen LogP contribution in [0.1, 0.15) is 28.5 Å². The van der Waals surface area contributed by atoms with Crippen molar-refractivity contribution in [1.82, 2.24) is 14.6 Å². The summed E-state index contributed by atoms with van der Waals surface area (Å²) < 4.78 is 20.0. The van der Waals surface area contributed by atoms with Gasteiger partial charge in [0.1, 0.15) is 11.3 Å². The molecule has 3 rings (SSSR count). The third-order valence-corrected chi connectivity index (χ3v) is 3.81. The molecule has 124 valence electrons. The fourth-order valence-electron chi connectivity index (χ4n) is 2.52. The molecule has 1 aromatic carbocycles. The molecule has 24 heavy (non-hydrogen) atoms. The van der Waals surface area contributed by atoms with Crippen molar-refractivity contribution in [2.45, 2.75) is 20.8 Å². The number of aromatic amines is 1. The number of nitrogens with zero attached hydrogens (tertiary/aromatic N) is 2. The molecule has 0 bridgehead atoms. The van der Waals surface area contributed by atoms with Crippen LogP contribution in [0.5, 0.6) is 0 Å². The zero-order valence-electron chi connectivity index (χ0n) is 13.5. The number of ether oxygens (including phenoxy) is 1. The lowest BCUT2D eigenvalue weighted by Crippen LogP contribution is -2.11. The molecule has 0 atom stereocenters. The van der Waals surface area contributed by atoms with Crippen LogP contribution in [0.2, 0.25) is 0 Å². The van der Waals surface area contributed by atoms with E-state index in [-0.39, 0.29) is 23.6 Å². The maximum Gasteiger partial charge on any atom is 0.359 e. The number of nitrogens with one attached hydrogen (secondary N) is 1. The van der Waals surface area contributed by atoms with Gasteiger partial charge in [0, 0.05) is 11.1 Å². The molecule has 0 aliphatic rings. The summed E-state index contributed by atoms with van der Waals surface area (Å²) in [5.41, 5.74) is 1.82. The molecule has 2 aromatic heterocycles. The van der Waals surface area contributed by atoms with Crippen LogP contribution >= 0.6 is 0 Å². The summed E-state index contributed by atoms with van der Waals surface area (Å²) in [5.74, 6) is -0.946. The number of halogens is 1. The van der Waals surface area contributed by atoms with Crippen molar-refractivity contribution < 1.29 is 13.9 Å². The van der Waals surface area contributed by atoms with Gasteiger partial charge in [0.25, 0.3) is 5.56 Å². The van der Waals surface area contributed by atoms with Crippen molar-refractivity contribution in [3.05, 3.63) is 57.4 Å². The van der Waals surface area contributed by atoms with Crippen LogP contribution < -0.4 is 5.56 Å². The van der Waals surface area contributed by atoms with Gasteiger partial charge in [-0.25, -0.2) is 13.7 Å². The molecule has 0 aliphatic carbocycles. The Morgan fingerprint density at radius 2 is 2.12 bits per heavy atom. The first kappa shape index (κ1) is 15.9. The smallest absolute Gasteiger partial charge is 0.359 e. The van der Waals surface area contributed by atoms with Gasteiger partial charge in [0.2, 0.25) is 0 Å². The summed E-state index contributed by atoms with van der Waals surface area (Å²) in [6.45, 7) is 5.21.